The summed E-state index contributed by atoms with van der Waals surface area (Å²) in [6.07, 6.45) is 0.952. The van der Waals surface area contributed by atoms with Crippen molar-refractivity contribution in [2.75, 3.05) is 11.9 Å². The van der Waals surface area contributed by atoms with E-state index in [1.165, 1.54) is 5.69 Å². The van der Waals surface area contributed by atoms with Crippen LogP contribution in [0.4, 0.5) is 5.69 Å². The summed E-state index contributed by atoms with van der Waals surface area (Å²) in [6.45, 7) is 9.55. The molecule has 1 N–H and O–H groups in total. The largest absolute Gasteiger partial charge is 0.384 e. The van der Waals surface area contributed by atoms with Crippen LogP contribution in [0.2, 0.25) is 0 Å². The van der Waals surface area contributed by atoms with Gasteiger partial charge in [0.25, 0.3) is 0 Å². The zero-order valence-corrected chi connectivity index (χ0v) is 13.1. The molecule has 0 unspecified atom stereocenters. The molecule has 0 aliphatic carbocycles. The van der Waals surface area contributed by atoms with E-state index in [1.807, 2.05) is 31.5 Å². The van der Waals surface area contributed by atoms with Crippen LogP contribution in [-0.2, 0) is 6.54 Å². The number of nitrogens with one attached hydrogen (secondary N) is 1. The molecule has 0 spiro atoms. The number of nitriles is 1. The summed E-state index contributed by atoms with van der Waals surface area (Å²) in [6, 6.07) is 6.23. The van der Waals surface area contributed by atoms with Gasteiger partial charge in [-0.3, -0.25) is 9.67 Å². The van der Waals surface area contributed by atoms with E-state index >= 15 is 0 Å². The lowest BCUT2D eigenvalue weighted by Gasteiger charge is -2.11. The van der Waals surface area contributed by atoms with Crippen LogP contribution in [0.25, 0.3) is 0 Å². The van der Waals surface area contributed by atoms with Crippen LogP contribution in [0.5, 0.6) is 0 Å². The number of anilines is 1. The molecule has 110 valence electrons. The highest BCUT2D eigenvalue weighted by atomic mass is 15.3. The minimum absolute atomic E-state index is 0.631. The summed E-state index contributed by atoms with van der Waals surface area (Å²) in [7, 11) is 0. The first kappa shape index (κ1) is 15.0. The molecular weight excluding hydrogens is 262 g/mol. The fraction of sp³-hybridized carbons (Fsp3) is 0.438. The predicted molar refractivity (Wildman–Crippen MR) is 83.2 cm³/mol. The van der Waals surface area contributed by atoms with E-state index in [-0.39, 0.29) is 0 Å². The predicted octanol–water partition coefficient (Wildman–Crippen LogP) is 2.89. The minimum atomic E-state index is 0.631. The number of pyridine rings is 1. The Morgan fingerprint density at radius 3 is 2.57 bits per heavy atom. The molecule has 0 aromatic carbocycles. The summed E-state index contributed by atoms with van der Waals surface area (Å²) in [5.74, 6) is 0. The third-order valence-corrected chi connectivity index (χ3v) is 3.41. The lowest BCUT2D eigenvalue weighted by atomic mass is 10.1. The molecule has 0 aliphatic rings. The molecule has 5 nitrogen and oxygen atoms in total. The molecule has 5 heteroatoms. The van der Waals surface area contributed by atoms with Crippen LogP contribution in [-0.4, -0.2) is 21.3 Å². The molecule has 2 aromatic heterocycles. The summed E-state index contributed by atoms with van der Waals surface area (Å²) in [4.78, 5) is 4.32. The van der Waals surface area contributed by atoms with E-state index in [9.17, 15) is 5.26 Å². The van der Waals surface area contributed by atoms with Crippen molar-refractivity contribution in [1.82, 2.24) is 14.8 Å². The van der Waals surface area contributed by atoms with Gasteiger partial charge in [-0.25, -0.2) is 0 Å². The third-order valence-electron chi connectivity index (χ3n) is 3.41. The first-order valence-corrected chi connectivity index (χ1v) is 7.14. The number of aryl methyl sites for hydroxylation is 5. The average Bonchev–Trinajstić information content (AvgIpc) is 2.72. The van der Waals surface area contributed by atoms with Crippen molar-refractivity contribution < 1.29 is 0 Å². The minimum Gasteiger partial charge on any atom is -0.384 e. The summed E-state index contributed by atoms with van der Waals surface area (Å²) >= 11 is 0. The van der Waals surface area contributed by atoms with Crippen molar-refractivity contribution in [1.29, 1.82) is 5.26 Å². The molecule has 0 bridgehead atoms. The molecule has 0 amide bonds. The zero-order chi connectivity index (χ0) is 15.4. The van der Waals surface area contributed by atoms with E-state index < -0.39 is 0 Å². The van der Waals surface area contributed by atoms with Crippen molar-refractivity contribution in [3.63, 3.8) is 0 Å². The molecule has 2 rings (SSSR count). The summed E-state index contributed by atoms with van der Waals surface area (Å²) in [5.41, 5.74) is 5.43. The Kier molecular flexibility index (Phi) is 4.59. The van der Waals surface area contributed by atoms with Crippen molar-refractivity contribution in [2.24, 2.45) is 0 Å². The van der Waals surface area contributed by atoms with E-state index in [4.69, 9.17) is 0 Å². The third kappa shape index (κ3) is 3.60. The Labute approximate surface area is 125 Å². The van der Waals surface area contributed by atoms with Gasteiger partial charge in [0.2, 0.25) is 0 Å². The molecule has 21 heavy (non-hydrogen) atoms. The highest BCUT2D eigenvalue weighted by Crippen LogP contribution is 2.18. The van der Waals surface area contributed by atoms with Gasteiger partial charge in [-0.05, 0) is 46.2 Å². The molecular formula is C16H21N5. The van der Waals surface area contributed by atoms with E-state index in [0.29, 0.717) is 5.56 Å². The van der Waals surface area contributed by atoms with E-state index in [1.54, 1.807) is 0 Å². The number of hydrogen-bond acceptors (Lipinski definition) is 4. The average molecular weight is 283 g/mol. The van der Waals surface area contributed by atoms with Gasteiger partial charge in [0.1, 0.15) is 6.07 Å². The van der Waals surface area contributed by atoms with Gasteiger partial charge < -0.3 is 5.32 Å². The topological polar surface area (TPSA) is 66.5 Å². The highest BCUT2D eigenvalue weighted by Gasteiger charge is 2.07. The van der Waals surface area contributed by atoms with E-state index in [0.717, 1.165) is 42.3 Å². The fourth-order valence-corrected chi connectivity index (χ4v) is 2.46. The number of hydrogen-bond donors (Lipinski definition) is 1. The zero-order valence-electron chi connectivity index (χ0n) is 13.1. The maximum absolute atomic E-state index is 9.22. The first-order valence-electron chi connectivity index (χ1n) is 7.14. The quantitative estimate of drug-likeness (QED) is 0.857. The normalized spacial score (nSPS) is 10.4. The van der Waals surface area contributed by atoms with Gasteiger partial charge in [-0.15, -0.1) is 0 Å². The Morgan fingerprint density at radius 2 is 1.95 bits per heavy atom. The standard InChI is InChI=1S/C16H21N5/c1-11-9-16(15(10-17)14(4)19-11)18-6-5-7-21-13(3)8-12(2)20-21/h8-9H,5-7H2,1-4H3,(H,18,19). The first-order chi connectivity index (χ1) is 10.0. The molecule has 0 saturated heterocycles. The smallest absolute Gasteiger partial charge is 0.103 e. The Morgan fingerprint density at radius 1 is 1.19 bits per heavy atom. The monoisotopic (exact) mass is 283 g/mol. The number of nitrogens with zero attached hydrogens (tertiary/aromatic N) is 4. The van der Waals surface area contributed by atoms with Gasteiger partial charge >= 0.3 is 0 Å². The molecule has 0 aliphatic heterocycles. The second kappa shape index (κ2) is 6.40. The van der Waals surface area contributed by atoms with E-state index in [2.05, 4.69) is 34.5 Å². The lowest BCUT2D eigenvalue weighted by molar-refractivity contribution is 0.573. The van der Waals surface area contributed by atoms with Crippen LogP contribution in [0, 0.1) is 39.0 Å². The Bertz CT molecular complexity index is 679. The Balaban J connectivity index is 1.95. The maximum atomic E-state index is 9.22. The van der Waals surface area contributed by atoms with Crippen molar-refractivity contribution in [2.45, 2.75) is 40.7 Å². The molecule has 0 fully saturated rings. The summed E-state index contributed by atoms with van der Waals surface area (Å²) < 4.78 is 2.02. The van der Waals surface area contributed by atoms with Crippen molar-refractivity contribution in [3.05, 3.63) is 40.5 Å². The SMILES string of the molecule is Cc1cc(NCCCn2nc(C)cc2C)c(C#N)c(C)n1. The Hall–Kier alpha value is -2.35. The molecule has 2 heterocycles. The fourth-order valence-electron chi connectivity index (χ4n) is 2.46. The van der Waals surface area contributed by atoms with Crippen LogP contribution in [0.3, 0.4) is 0 Å². The van der Waals surface area contributed by atoms with Crippen LogP contribution in [0.15, 0.2) is 12.1 Å². The molecule has 0 saturated carbocycles. The molecule has 0 radical (unpaired) electrons. The lowest BCUT2D eigenvalue weighted by Crippen LogP contribution is -2.10. The second-order valence-corrected chi connectivity index (χ2v) is 5.31. The number of aromatic nitrogens is 3. The van der Waals surface area contributed by atoms with Crippen LogP contribution < -0.4 is 5.32 Å². The van der Waals surface area contributed by atoms with Gasteiger partial charge in [0.05, 0.1) is 22.6 Å². The van der Waals surface area contributed by atoms with Gasteiger partial charge in [0, 0.05) is 24.5 Å². The van der Waals surface area contributed by atoms with Gasteiger partial charge in [-0.2, -0.15) is 10.4 Å². The molecule has 2 aromatic rings. The van der Waals surface area contributed by atoms with Crippen molar-refractivity contribution >= 4 is 5.69 Å². The van der Waals surface area contributed by atoms with Crippen molar-refractivity contribution in [3.8, 4) is 6.07 Å². The summed E-state index contributed by atoms with van der Waals surface area (Å²) in [5, 5.41) is 17.0. The van der Waals surface area contributed by atoms with Crippen LogP contribution in [0.1, 0.15) is 34.8 Å². The highest BCUT2D eigenvalue weighted by molar-refractivity contribution is 5.59. The van der Waals surface area contributed by atoms with Gasteiger partial charge in [0.15, 0.2) is 0 Å². The number of rotatable bonds is 5. The second-order valence-electron chi connectivity index (χ2n) is 5.31. The van der Waals surface area contributed by atoms with Crippen LogP contribution >= 0.6 is 0 Å². The maximum Gasteiger partial charge on any atom is 0.103 e. The molecule has 0 atom stereocenters. The van der Waals surface area contributed by atoms with Gasteiger partial charge in [-0.1, -0.05) is 0 Å².